The predicted octanol–water partition coefficient (Wildman–Crippen LogP) is 4.60. The molecule has 3 fully saturated rings. The van der Waals surface area contributed by atoms with Crippen molar-refractivity contribution < 1.29 is 14.2 Å². The molecule has 0 bridgehead atoms. The Hall–Kier alpha value is -2.48. The summed E-state index contributed by atoms with van der Waals surface area (Å²) in [7, 11) is 0. The standard InChI is InChI=1S/C28H37ClN6O3/c1-28(37-11-12-38-28)18-33-20-5-7-21(8-6-20)34-27-14-23(24(29)17-32-27)25-3-2-4-26(35-25)31-16-22-13-19(15-30)9-10-36-22/h2-4,14,17,19-22,33H,5-13,16,18H2,1H3,(H,31,35)(H,32,34)/t19?,20-,21-,22?. The third-order valence-electron chi connectivity index (χ3n) is 7.63. The third kappa shape index (κ3) is 7.13. The molecule has 0 radical (unpaired) electrons. The maximum absolute atomic E-state index is 9.22. The minimum Gasteiger partial charge on any atom is -0.376 e. The van der Waals surface area contributed by atoms with Gasteiger partial charge in [-0.1, -0.05) is 17.7 Å². The van der Waals surface area contributed by atoms with E-state index in [1.54, 1.807) is 6.20 Å². The van der Waals surface area contributed by atoms with Gasteiger partial charge in [0.05, 0.1) is 42.0 Å². The molecule has 38 heavy (non-hydrogen) atoms. The monoisotopic (exact) mass is 540 g/mol. The molecule has 4 heterocycles. The summed E-state index contributed by atoms with van der Waals surface area (Å²) >= 11 is 6.55. The van der Waals surface area contributed by atoms with Gasteiger partial charge < -0.3 is 30.2 Å². The van der Waals surface area contributed by atoms with Crippen LogP contribution in [-0.4, -0.2) is 66.9 Å². The van der Waals surface area contributed by atoms with Gasteiger partial charge in [-0.15, -0.1) is 0 Å². The molecule has 2 aromatic rings. The van der Waals surface area contributed by atoms with Gasteiger partial charge in [0.2, 0.25) is 0 Å². The van der Waals surface area contributed by atoms with Crippen LogP contribution in [0.15, 0.2) is 30.5 Å². The molecule has 2 atom stereocenters. The van der Waals surface area contributed by atoms with Crippen LogP contribution in [0.25, 0.3) is 11.3 Å². The minimum atomic E-state index is -0.496. The Morgan fingerprint density at radius 2 is 1.87 bits per heavy atom. The lowest BCUT2D eigenvalue weighted by Crippen LogP contribution is -2.45. The van der Waals surface area contributed by atoms with Gasteiger partial charge in [-0.25, -0.2) is 9.97 Å². The number of nitriles is 1. The zero-order valence-corrected chi connectivity index (χ0v) is 22.7. The van der Waals surface area contributed by atoms with Crippen LogP contribution in [0, 0.1) is 17.2 Å². The van der Waals surface area contributed by atoms with Gasteiger partial charge in [0, 0.05) is 43.5 Å². The van der Waals surface area contributed by atoms with Gasteiger partial charge in [-0.3, -0.25) is 0 Å². The predicted molar refractivity (Wildman–Crippen MR) is 147 cm³/mol. The van der Waals surface area contributed by atoms with E-state index in [0.717, 1.165) is 61.4 Å². The Bertz CT molecular complexity index is 1110. The van der Waals surface area contributed by atoms with Crippen LogP contribution in [0.5, 0.6) is 0 Å². The summed E-state index contributed by atoms with van der Waals surface area (Å²) in [5.74, 6) is 1.12. The first-order chi connectivity index (χ1) is 18.5. The second-order valence-corrected chi connectivity index (χ2v) is 11.0. The molecular weight excluding hydrogens is 504 g/mol. The van der Waals surface area contributed by atoms with Crippen LogP contribution < -0.4 is 16.0 Å². The lowest BCUT2D eigenvalue weighted by Gasteiger charge is -2.32. The fourth-order valence-electron chi connectivity index (χ4n) is 5.39. The van der Waals surface area contributed by atoms with E-state index >= 15 is 0 Å². The van der Waals surface area contributed by atoms with Crippen molar-refractivity contribution in [1.82, 2.24) is 15.3 Å². The number of aromatic nitrogens is 2. The summed E-state index contributed by atoms with van der Waals surface area (Å²) in [6.07, 6.45) is 7.54. The van der Waals surface area contributed by atoms with E-state index < -0.39 is 5.79 Å². The molecule has 204 valence electrons. The van der Waals surface area contributed by atoms with Crippen LogP contribution >= 0.6 is 11.6 Å². The summed E-state index contributed by atoms with van der Waals surface area (Å²) < 4.78 is 17.2. The lowest BCUT2D eigenvalue weighted by atomic mass is 9.91. The van der Waals surface area contributed by atoms with E-state index in [-0.39, 0.29) is 12.0 Å². The van der Waals surface area contributed by atoms with Crippen LogP contribution in [0.2, 0.25) is 5.02 Å². The summed E-state index contributed by atoms with van der Waals surface area (Å²) in [6.45, 7) is 5.29. The Kier molecular flexibility index (Phi) is 8.97. The van der Waals surface area contributed by atoms with E-state index in [9.17, 15) is 5.26 Å². The van der Waals surface area contributed by atoms with Gasteiger partial charge in [-0.2, -0.15) is 5.26 Å². The topological polar surface area (TPSA) is 113 Å². The van der Waals surface area contributed by atoms with Crippen molar-refractivity contribution in [1.29, 1.82) is 5.26 Å². The Balaban J connectivity index is 1.14. The van der Waals surface area contributed by atoms with Crippen molar-refractivity contribution in [3.63, 3.8) is 0 Å². The number of rotatable bonds is 9. The average Bonchev–Trinajstić information content (AvgIpc) is 3.39. The van der Waals surface area contributed by atoms with Crippen molar-refractivity contribution in [2.45, 2.75) is 69.4 Å². The Morgan fingerprint density at radius 1 is 1.08 bits per heavy atom. The van der Waals surface area contributed by atoms with Gasteiger partial charge in [0.1, 0.15) is 11.6 Å². The number of pyridine rings is 2. The fourth-order valence-corrected chi connectivity index (χ4v) is 5.59. The zero-order valence-electron chi connectivity index (χ0n) is 21.9. The number of ether oxygens (including phenoxy) is 3. The first-order valence-corrected chi connectivity index (χ1v) is 14.0. The summed E-state index contributed by atoms with van der Waals surface area (Å²) in [5.41, 5.74) is 1.62. The molecule has 1 saturated carbocycles. The molecule has 2 unspecified atom stereocenters. The van der Waals surface area contributed by atoms with Gasteiger partial charge >= 0.3 is 0 Å². The van der Waals surface area contributed by atoms with Gasteiger partial charge in [0.15, 0.2) is 5.79 Å². The first-order valence-electron chi connectivity index (χ1n) is 13.7. The van der Waals surface area contributed by atoms with Crippen LogP contribution in [0.1, 0.15) is 45.4 Å². The quantitative estimate of drug-likeness (QED) is 0.419. The molecule has 2 aliphatic heterocycles. The largest absolute Gasteiger partial charge is 0.376 e. The zero-order chi connectivity index (χ0) is 26.4. The highest BCUT2D eigenvalue weighted by Crippen LogP contribution is 2.30. The van der Waals surface area contributed by atoms with Crippen molar-refractivity contribution in [3.8, 4) is 17.3 Å². The molecule has 2 aromatic heterocycles. The van der Waals surface area contributed by atoms with Crippen LogP contribution in [0.3, 0.4) is 0 Å². The first kappa shape index (κ1) is 27.1. The molecule has 2 saturated heterocycles. The van der Waals surface area contributed by atoms with E-state index in [1.807, 2.05) is 31.2 Å². The molecule has 3 aliphatic rings. The number of halogens is 1. The SMILES string of the molecule is CC1(CN[C@H]2CC[C@H](Nc3cc(-c4cccc(NCC5CC(C#N)CCO5)n4)c(Cl)cn3)CC2)OCCO1. The molecule has 3 N–H and O–H groups in total. The van der Waals surface area contributed by atoms with Crippen LogP contribution in [0.4, 0.5) is 11.6 Å². The van der Waals surface area contributed by atoms with E-state index in [1.165, 1.54) is 0 Å². The highest BCUT2D eigenvalue weighted by atomic mass is 35.5. The third-order valence-corrected chi connectivity index (χ3v) is 7.93. The van der Waals surface area contributed by atoms with E-state index in [0.29, 0.717) is 50.0 Å². The molecule has 0 amide bonds. The second kappa shape index (κ2) is 12.6. The van der Waals surface area contributed by atoms with Gasteiger partial charge in [-0.05, 0) is 63.6 Å². The van der Waals surface area contributed by atoms with Crippen LogP contribution in [-0.2, 0) is 14.2 Å². The van der Waals surface area contributed by atoms with Crippen molar-refractivity contribution in [3.05, 3.63) is 35.5 Å². The molecule has 0 aromatic carbocycles. The van der Waals surface area contributed by atoms with E-state index in [4.69, 9.17) is 30.8 Å². The number of hydrogen-bond acceptors (Lipinski definition) is 9. The maximum Gasteiger partial charge on any atom is 0.178 e. The highest BCUT2D eigenvalue weighted by Gasteiger charge is 2.32. The number of nitrogens with one attached hydrogen (secondary N) is 3. The number of hydrogen-bond donors (Lipinski definition) is 3. The average molecular weight is 541 g/mol. The molecule has 9 nitrogen and oxygen atoms in total. The van der Waals surface area contributed by atoms with Crippen molar-refractivity contribution in [2.24, 2.45) is 5.92 Å². The molecular formula is C28H37ClN6O3. The smallest absolute Gasteiger partial charge is 0.178 e. The summed E-state index contributed by atoms with van der Waals surface area (Å²) in [5, 5.41) is 20.4. The number of anilines is 2. The summed E-state index contributed by atoms with van der Waals surface area (Å²) in [6, 6.07) is 11.0. The Labute approximate surface area is 229 Å². The van der Waals surface area contributed by atoms with Crippen molar-refractivity contribution >= 4 is 23.2 Å². The minimum absolute atomic E-state index is 0.0110. The lowest BCUT2D eigenvalue weighted by molar-refractivity contribution is -0.139. The molecule has 1 aliphatic carbocycles. The fraction of sp³-hybridized carbons (Fsp3) is 0.607. The van der Waals surface area contributed by atoms with Gasteiger partial charge in [0.25, 0.3) is 0 Å². The maximum atomic E-state index is 9.22. The normalized spacial score (nSPS) is 27.0. The molecule has 5 rings (SSSR count). The Morgan fingerprint density at radius 3 is 2.66 bits per heavy atom. The molecule has 0 spiro atoms. The van der Waals surface area contributed by atoms with Crippen molar-refractivity contribution in [2.75, 3.05) is 43.5 Å². The number of nitrogens with zero attached hydrogens (tertiary/aromatic N) is 3. The summed E-state index contributed by atoms with van der Waals surface area (Å²) in [4.78, 5) is 9.32. The molecule has 10 heteroatoms. The second-order valence-electron chi connectivity index (χ2n) is 10.6. The highest BCUT2D eigenvalue weighted by molar-refractivity contribution is 6.33. The van der Waals surface area contributed by atoms with E-state index in [2.05, 4.69) is 27.0 Å².